The first kappa shape index (κ1) is 47.6. The minimum absolute atomic E-state index is 0.0210. The number of unbranched alkanes of at least 4 members (excludes halogenated alkanes) is 1. The lowest BCUT2D eigenvalue weighted by atomic mass is 9.71. The first-order valence-electron chi connectivity index (χ1n) is 19.3. The number of carbonyl (C=O) groups excluding carboxylic acids is 2. The SMILES string of the molecule is C=C1C[C@](O)(C(O)C(=O)NC2CCOCO[C@H]3[C@@H]2OC(CC(O)CCC/C=C/C=C/C=C/C(=O)NC(CCCN=C(N)N)C(=O)O)C(C)(C)C3(F)F)OC(C)C1C. The van der Waals surface area contributed by atoms with Crippen LogP contribution in [0.15, 0.2) is 53.6 Å². The molecule has 18 heteroatoms. The fourth-order valence-electron chi connectivity index (χ4n) is 6.96. The standard InChI is InChI=1S/C39H61F2N5O11/c1-23-21-38(53,57-25(3)24(23)2)32(49)34(50)46-27-17-19-54-22-55-33-31(27)56-29(37(4,5)39(33,40)41)20-26(47)14-11-9-7-6-8-10-12-16-30(48)45-28(35(51)52)15-13-18-44-36(42)43/h6-8,10,12,16,24-29,31-33,47,49,53H,1,9,11,13-15,17-22H2,2-5H3,(H,45,48)(H,46,50)(H,51,52)(H4,42,43,44)/b7-6+,10-8+,16-12+/t24?,25?,26?,27?,28?,29?,31-,32?,33+,38-/m1/s1. The third-order valence-corrected chi connectivity index (χ3v) is 10.8. The van der Waals surface area contributed by atoms with Gasteiger partial charge in [-0.25, -0.2) is 13.6 Å². The van der Waals surface area contributed by atoms with E-state index in [-0.39, 0.29) is 57.1 Å². The zero-order chi connectivity index (χ0) is 42.6. The number of halogens is 2. The number of nitrogens with one attached hydrogen (secondary N) is 2. The second kappa shape index (κ2) is 21.3. The average Bonchev–Trinajstić information content (AvgIpc) is 3.11. The summed E-state index contributed by atoms with van der Waals surface area (Å²) in [7, 11) is 0. The molecule has 10 N–H and O–H groups in total. The number of allylic oxidation sites excluding steroid dienone is 5. The summed E-state index contributed by atoms with van der Waals surface area (Å²) in [5, 5.41) is 47.3. The lowest BCUT2D eigenvalue weighted by Crippen LogP contribution is -2.70. The van der Waals surface area contributed by atoms with E-state index in [1.807, 2.05) is 13.0 Å². The highest BCUT2D eigenvalue weighted by molar-refractivity contribution is 5.91. The molecule has 0 radical (unpaired) electrons. The maximum absolute atomic E-state index is 16.3. The molecule has 3 fully saturated rings. The van der Waals surface area contributed by atoms with Gasteiger partial charge >= 0.3 is 5.97 Å². The number of aliphatic carboxylic acids is 1. The van der Waals surface area contributed by atoms with Crippen LogP contribution in [-0.2, 0) is 33.3 Å². The quantitative estimate of drug-likeness (QED) is 0.0246. The second-order valence-corrected chi connectivity index (χ2v) is 15.5. The van der Waals surface area contributed by atoms with Gasteiger partial charge in [0.2, 0.25) is 11.7 Å². The third-order valence-electron chi connectivity index (χ3n) is 10.8. The number of hydrogen-bond acceptors (Lipinski definition) is 11. The number of aliphatic imine (C=N–C) groups is 1. The van der Waals surface area contributed by atoms with E-state index in [1.165, 1.54) is 26.0 Å². The van der Waals surface area contributed by atoms with E-state index in [9.17, 15) is 34.8 Å². The molecule has 0 aromatic carbocycles. The summed E-state index contributed by atoms with van der Waals surface area (Å²) in [5.41, 5.74) is 9.27. The molecule has 16 nitrogen and oxygen atoms in total. The van der Waals surface area contributed by atoms with E-state index in [4.69, 9.17) is 30.4 Å². The van der Waals surface area contributed by atoms with Gasteiger partial charge in [-0.1, -0.05) is 63.3 Å². The first-order valence-corrected chi connectivity index (χ1v) is 19.3. The van der Waals surface area contributed by atoms with Crippen molar-refractivity contribution in [3.05, 3.63) is 48.6 Å². The second-order valence-electron chi connectivity index (χ2n) is 15.5. The molecule has 0 spiro atoms. The van der Waals surface area contributed by atoms with Gasteiger partial charge < -0.3 is 61.5 Å². The van der Waals surface area contributed by atoms with Crippen LogP contribution in [0.1, 0.15) is 79.1 Å². The van der Waals surface area contributed by atoms with Gasteiger partial charge in [-0.15, -0.1) is 0 Å². The molecule has 7 unspecified atom stereocenters. The van der Waals surface area contributed by atoms with Gasteiger partial charge in [0, 0.05) is 31.4 Å². The van der Waals surface area contributed by atoms with Crippen molar-refractivity contribution in [3.8, 4) is 0 Å². The van der Waals surface area contributed by atoms with E-state index in [0.717, 1.165) is 0 Å². The number of ether oxygens (including phenoxy) is 4. The summed E-state index contributed by atoms with van der Waals surface area (Å²) >= 11 is 0. The van der Waals surface area contributed by atoms with Crippen molar-refractivity contribution in [2.45, 2.75) is 139 Å². The molecule has 57 heavy (non-hydrogen) atoms. The van der Waals surface area contributed by atoms with E-state index in [2.05, 4.69) is 22.2 Å². The monoisotopic (exact) mass is 813 g/mol. The van der Waals surface area contributed by atoms with E-state index >= 15 is 8.78 Å². The van der Waals surface area contributed by atoms with Gasteiger partial charge in [0.15, 0.2) is 18.2 Å². The Morgan fingerprint density at radius 2 is 1.79 bits per heavy atom. The van der Waals surface area contributed by atoms with Gasteiger partial charge in [0.25, 0.3) is 11.8 Å². The number of carboxylic acid groups (broad SMARTS) is 1. The molecule has 0 aromatic rings. The maximum Gasteiger partial charge on any atom is 0.326 e. The molecule has 322 valence electrons. The zero-order valence-corrected chi connectivity index (χ0v) is 33.1. The van der Waals surface area contributed by atoms with Crippen molar-refractivity contribution in [1.29, 1.82) is 0 Å². The highest BCUT2D eigenvalue weighted by Gasteiger charge is 2.65. The highest BCUT2D eigenvalue weighted by atomic mass is 19.3. The number of carboxylic acids is 1. The van der Waals surface area contributed by atoms with Crippen LogP contribution in [0, 0.1) is 11.3 Å². The fraction of sp³-hybridized carbons (Fsp3) is 0.692. The van der Waals surface area contributed by atoms with Gasteiger partial charge in [-0.2, -0.15) is 0 Å². The van der Waals surface area contributed by atoms with Crippen LogP contribution in [0.5, 0.6) is 0 Å². The van der Waals surface area contributed by atoms with Crippen LogP contribution in [0.2, 0.25) is 0 Å². The zero-order valence-electron chi connectivity index (χ0n) is 33.1. The molecule has 3 saturated heterocycles. The summed E-state index contributed by atoms with van der Waals surface area (Å²) < 4.78 is 55.4. The van der Waals surface area contributed by atoms with Crippen LogP contribution in [0.25, 0.3) is 0 Å². The molecular formula is C39H61F2N5O11. The predicted molar refractivity (Wildman–Crippen MR) is 205 cm³/mol. The molecular weight excluding hydrogens is 752 g/mol. The Morgan fingerprint density at radius 1 is 1.09 bits per heavy atom. The first-order chi connectivity index (χ1) is 26.7. The predicted octanol–water partition coefficient (Wildman–Crippen LogP) is 1.93. The van der Waals surface area contributed by atoms with Crippen molar-refractivity contribution >= 4 is 23.7 Å². The molecule has 2 amide bonds. The number of alkyl halides is 2. The van der Waals surface area contributed by atoms with Crippen molar-refractivity contribution in [3.63, 3.8) is 0 Å². The van der Waals surface area contributed by atoms with Crippen molar-refractivity contribution in [2.24, 2.45) is 27.8 Å². The topological polar surface area (TPSA) is 258 Å². The largest absolute Gasteiger partial charge is 0.480 e. The lowest BCUT2D eigenvalue weighted by molar-refractivity contribution is -0.334. The number of nitrogens with two attached hydrogens (primary N) is 2. The Hall–Kier alpha value is -3.78. The van der Waals surface area contributed by atoms with Crippen molar-refractivity contribution in [1.82, 2.24) is 10.6 Å². The van der Waals surface area contributed by atoms with Gasteiger partial charge in [0.1, 0.15) is 18.9 Å². The van der Waals surface area contributed by atoms with Crippen LogP contribution in [0.3, 0.4) is 0 Å². The molecule has 10 atom stereocenters. The number of hydrogen-bond donors (Lipinski definition) is 8. The number of nitrogens with zero attached hydrogens (tertiary/aromatic N) is 1. The summed E-state index contributed by atoms with van der Waals surface area (Å²) in [5.74, 6) is -8.82. The van der Waals surface area contributed by atoms with Gasteiger partial charge in [0.05, 0.1) is 36.4 Å². The Bertz CT molecular complexity index is 1500. The molecule has 0 aromatic heterocycles. The Labute approximate surface area is 332 Å². The van der Waals surface area contributed by atoms with Crippen molar-refractivity contribution in [2.75, 3.05) is 19.9 Å². The van der Waals surface area contributed by atoms with Gasteiger partial charge in [-0.05, 0) is 45.4 Å². The normalized spacial score (nSPS) is 30.5. The van der Waals surface area contributed by atoms with Crippen LogP contribution in [0.4, 0.5) is 8.78 Å². The van der Waals surface area contributed by atoms with Crippen LogP contribution >= 0.6 is 0 Å². The number of guanidine groups is 1. The Morgan fingerprint density at radius 3 is 2.46 bits per heavy atom. The van der Waals surface area contributed by atoms with Crippen molar-refractivity contribution < 1.29 is 62.5 Å². The lowest BCUT2D eigenvalue weighted by Gasteiger charge is -2.54. The molecule has 3 rings (SSSR count). The van der Waals surface area contributed by atoms with E-state index in [1.54, 1.807) is 25.2 Å². The Balaban J connectivity index is 1.55. The van der Waals surface area contributed by atoms with Crippen LogP contribution < -0.4 is 22.1 Å². The van der Waals surface area contributed by atoms with Gasteiger partial charge in [-0.3, -0.25) is 14.6 Å². The molecule has 3 aliphatic heterocycles. The molecule has 0 bridgehead atoms. The minimum Gasteiger partial charge on any atom is -0.480 e. The number of fused-ring (bicyclic) bond motifs is 1. The number of amides is 2. The molecule has 3 aliphatic rings. The molecule has 0 saturated carbocycles. The Kier molecular flexibility index (Phi) is 17.8. The summed E-state index contributed by atoms with van der Waals surface area (Å²) in [6.07, 6.45) is 2.99. The molecule has 0 aliphatic carbocycles. The summed E-state index contributed by atoms with van der Waals surface area (Å²) in [6.45, 7) is 9.95. The highest BCUT2D eigenvalue weighted by Crippen LogP contribution is 2.51. The van der Waals surface area contributed by atoms with Crippen LogP contribution in [-0.4, -0.2) is 125 Å². The van der Waals surface area contributed by atoms with E-state index < -0.39 is 90.4 Å². The minimum atomic E-state index is -3.51. The number of aliphatic hydroxyl groups excluding tert-OH is 2. The smallest absolute Gasteiger partial charge is 0.326 e. The number of aliphatic hydroxyl groups is 3. The van der Waals surface area contributed by atoms with E-state index in [0.29, 0.717) is 24.8 Å². The third kappa shape index (κ3) is 13.1. The molecule has 3 heterocycles. The maximum atomic E-state index is 16.3. The number of carbonyl (C=O) groups is 3. The average molecular weight is 814 g/mol. The summed E-state index contributed by atoms with van der Waals surface area (Å²) in [6, 6.07) is -2.22. The number of rotatable bonds is 18. The summed E-state index contributed by atoms with van der Waals surface area (Å²) in [4.78, 5) is 40.7. The fourth-order valence-corrected chi connectivity index (χ4v) is 6.96.